The van der Waals surface area contributed by atoms with E-state index in [1.165, 1.54) is 4.90 Å². The van der Waals surface area contributed by atoms with Crippen molar-refractivity contribution in [3.8, 4) is 0 Å². The Morgan fingerprint density at radius 2 is 1.76 bits per heavy atom. The molecule has 6 nitrogen and oxygen atoms in total. The Kier molecular flexibility index (Phi) is 7.33. The van der Waals surface area contributed by atoms with E-state index < -0.39 is 6.09 Å². The zero-order chi connectivity index (χ0) is 23.4. The molecule has 0 spiro atoms. The van der Waals surface area contributed by atoms with Gasteiger partial charge in [0.1, 0.15) is 0 Å². The highest BCUT2D eigenvalue weighted by Gasteiger charge is 2.31. The van der Waals surface area contributed by atoms with Crippen molar-refractivity contribution in [2.45, 2.75) is 51.4 Å². The van der Waals surface area contributed by atoms with E-state index in [0.717, 1.165) is 53.7 Å². The molecule has 2 amide bonds. The van der Waals surface area contributed by atoms with Crippen LogP contribution in [0.25, 0.3) is 0 Å². The predicted octanol–water partition coefficient (Wildman–Crippen LogP) is 5.14. The summed E-state index contributed by atoms with van der Waals surface area (Å²) in [6.45, 7) is 1.56. The van der Waals surface area contributed by atoms with E-state index in [-0.39, 0.29) is 11.7 Å². The number of carbonyl (C=O) groups is 3. The minimum Gasteiger partial charge on any atom is -0.465 e. The van der Waals surface area contributed by atoms with E-state index in [1.807, 2.05) is 41.3 Å². The van der Waals surface area contributed by atoms with Gasteiger partial charge >= 0.3 is 6.09 Å². The maximum Gasteiger partial charge on any atom is 0.407 e. The normalized spacial score (nSPS) is 14.3. The molecule has 7 heteroatoms. The molecule has 0 radical (unpaired) electrons. The highest BCUT2D eigenvalue weighted by molar-refractivity contribution is 6.31. The van der Waals surface area contributed by atoms with Crippen molar-refractivity contribution in [3.05, 3.63) is 63.7 Å². The Labute approximate surface area is 199 Å². The Bertz CT molecular complexity index is 1070. The van der Waals surface area contributed by atoms with E-state index in [4.69, 9.17) is 11.6 Å². The molecule has 0 saturated carbocycles. The molecular formula is C26H29ClN2O4. The Balaban J connectivity index is 1.23. The number of halogens is 1. The quantitative estimate of drug-likeness (QED) is 0.386. The topological polar surface area (TPSA) is 77.9 Å². The molecule has 1 N–H and O–H groups in total. The number of benzene rings is 2. The van der Waals surface area contributed by atoms with Crippen LogP contribution in [0.15, 0.2) is 36.4 Å². The molecule has 33 heavy (non-hydrogen) atoms. The first-order chi connectivity index (χ1) is 15.9. The van der Waals surface area contributed by atoms with Gasteiger partial charge in [-0.2, -0.15) is 0 Å². The van der Waals surface area contributed by atoms with Gasteiger partial charge in [-0.25, -0.2) is 4.79 Å². The fourth-order valence-corrected chi connectivity index (χ4v) is 5.02. The van der Waals surface area contributed by atoms with Gasteiger partial charge in [0.2, 0.25) is 5.91 Å². The molecule has 0 fully saturated rings. The SMILES string of the molecule is O=C(CCCCCN(CCc1ccccc1Cl)C(=O)O)c1cc2c3c(c1)CCN3C(=O)CC2. The second-order valence-electron chi connectivity index (χ2n) is 8.78. The molecule has 2 heterocycles. The summed E-state index contributed by atoms with van der Waals surface area (Å²) in [4.78, 5) is 39.7. The lowest BCUT2D eigenvalue weighted by Gasteiger charge is -2.25. The summed E-state index contributed by atoms with van der Waals surface area (Å²) in [7, 11) is 0. The molecule has 2 aromatic rings. The standard InChI is InChI=1S/C26H29ClN2O4/c27-22-7-4-3-6-18(22)11-14-28(26(32)33)13-5-1-2-8-23(30)21-16-19-9-10-24(31)29-15-12-20(17-21)25(19)29/h3-4,6-7,16-17H,1-2,5,8-15H2,(H,32,33). The predicted molar refractivity (Wildman–Crippen MR) is 128 cm³/mol. The first-order valence-electron chi connectivity index (χ1n) is 11.6. The van der Waals surface area contributed by atoms with Gasteiger partial charge in [0, 0.05) is 43.1 Å². The van der Waals surface area contributed by atoms with Gasteiger partial charge in [-0.05, 0) is 67.0 Å². The van der Waals surface area contributed by atoms with E-state index >= 15 is 0 Å². The number of amides is 2. The van der Waals surface area contributed by atoms with Crippen LogP contribution in [0.3, 0.4) is 0 Å². The summed E-state index contributed by atoms with van der Waals surface area (Å²) in [5, 5.41) is 10.1. The largest absolute Gasteiger partial charge is 0.465 e. The van der Waals surface area contributed by atoms with E-state index in [0.29, 0.717) is 50.2 Å². The van der Waals surface area contributed by atoms with Crippen molar-refractivity contribution in [3.63, 3.8) is 0 Å². The molecule has 0 aromatic heterocycles. The van der Waals surface area contributed by atoms with E-state index in [2.05, 4.69) is 0 Å². The first-order valence-corrected chi connectivity index (χ1v) is 12.0. The van der Waals surface area contributed by atoms with Crippen LogP contribution in [0.4, 0.5) is 10.5 Å². The number of aryl methyl sites for hydroxylation is 1. The molecule has 0 unspecified atom stereocenters. The Morgan fingerprint density at radius 3 is 2.52 bits per heavy atom. The fourth-order valence-electron chi connectivity index (χ4n) is 4.79. The number of unbranched alkanes of at least 4 members (excludes halogenated alkanes) is 2. The average Bonchev–Trinajstić information content (AvgIpc) is 3.24. The minimum absolute atomic E-state index is 0.123. The summed E-state index contributed by atoms with van der Waals surface area (Å²) in [6, 6.07) is 11.4. The minimum atomic E-state index is -0.933. The van der Waals surface area contributed by atoms with Crippen molar-refractivity contribution in [2.75, 3.05) is 24.5 Å². The van der Waals surface area contributed by atoms with Crippen LogP contribution < -0.4 is 4.90 Å². The highest BCUT2D eigenvalue weighted by Crippen LogP contribution is 2.37. The Morgan fingerprint density at radius 1 is 1.00 bits per heavy atom. The van der Waals surface area contributed by atoms with Gasteiger partial charge in [0.25, 0.3) is 0 Å². The third-order valence-electron chi connectivity index (χ3n) is 6.58. The van der Waals surface area contributed by atoms with Gasteiger partial charge in [-0.1, -0.05) is 36.2 Å². The van der Waals surface area contributed by atoms with Crippen molar-refractivity contribution >= 4 is 35.1 Å². The number of hydrogen-bond acceptors (Lipinski definition) is 3. The van der Waals surface area contributed by atoms with Crippen LogP contribution in [0.5, 0.6) is 0 Å². The molecular weight excluding hydrogens is 440 g/mol. The highest BCUT2D eigenvalue weighted by atomic mass is 35.5. The van der Waals surface area contributed by atoms with Gasteiger partial charge in [-0.3, -0.25) is 9.59 Å². The van der Waals surface area contributed by atoms with Crippen LogP contribution in [-0.2, 0) is 24.1 Å². The van der Waals surface area contributed by atoms with Crippen molar-refractivity contribution in [1.29, 1.82) is 0 Å². The maximum atomic E-state index is 12.8. The second-order valence-corrected chi connectivity index (χ2v) is 9.19. The van der Waals surface area contributed by atoms with Crippen LogP contribution in [-0.4, -0.2) is 47.4 Å². The molecule has 2 aliphatic heterocycles. The van der Waals surface area contributed by atoms with Crippen molar-refractivity contribution in [2.24, 2.45) is 0 Å². The van der Waals surface area contributed by atoms with Crippen molar-refractivity contribution in [1.82, 2.24) is 4.90 Å². The Hall–Kier alpha value is -2.86. The molecule has 2 aromatic carbocycles. The summed E-state index contributed by atoms with van der Waals surface area (Å²) in [5.41, 5.74) is 4.94. The summed E-state index contributed by atoms with van der Waals surface area (Å²) < 4.78 is 0. The van der Waals surface area contributed by atoms with Gasteiger partial charge in [0.15, 0.2) is 5.78 Å². The van der Waals surface area contributed by atoms with Crippen LogP contribution in [0, 0.1) is 0 Å². The second kappa shape index (κ2) is 10.4. The number of carboxylic acid groups (broad SMARTS) is 1. The summed E-state index contributed by atoms with van der Waals surface area (Å²) in [6.07, 6.45) is 4.37. The van der Waals surface area contributed by atoms with Gasteiger partial charge < -0.3 is 14.9 Å². The van der Waals surface area contributed by atoms with Crippen LogP contribution in [0.1, 0.15) is 59.2 Å². The number of ketones is 1. The molecule has 0 aliphatic carbocycles. The molecule has 4 rings (SSSR count). The number of nitrogens with zero attached hydrogens (tertiary/aromatic N) is 2. The number of rotatable bonds is 10. The number of Topliss-reactive ketones (excluding diaryl/α,β-unsaturated/α-hetero) is 1. The first kappa shape index (κ1) is 23.3. The number of hydrogen-bond donors (Lipinski definition) is 1. The zero-order valence-electron chi connectivity index (χ0n) is 18.7. The number of anilines is 1. The lowest BCUT2D eigenvalue weighted by molar-refractivity contribution is -0.118. The molecule has 0 saturated heterocycles. The zero-order valence-corrected chi connectivity index (χ0v) is 19.4. The third-order valence-corrected chi connectivity index (χ3v) is 6.95. The molecule has 0 atom stereocenters. The molecule has 2 aliphatic rings. The van der Waals surface area contributed by atoms with Gasteiger partial charge in [-0.15, -0.1) is 0 Å². The van der Waals surface area contributed by atoms with Gasteiger partial charge in [0.05, 0.1) is 5.69 Å². The monoisotopic (exact) mass is 468 g/mol. The van der Waals surface area contributed by atoms with E-state index in [9.17, 15) is 19.5 Å². The average molecular weight is 469 g/mol. The fraction of sp³-hybridized carbons (Fsp3) is 0.423. The smallest absolute Gasteiger partial charge is 0.407 e. The summed E-state index contributed by atoms with van der Waals surface area (Å²) >= 11 is 6.16. The van der Waals surface area contributed by atoms with Crippen LogP contribution >= 0.6 is 11.6 Å². The van der Waals surface area contributed by atoms with E-state index in [1.54, 1.807) is 0 Å². The lowest BCUT2D eigenvalue weighted by atomic mass is 9.94. The lowest BCUT2D eigenvalue weighted by Crippen LogP contribution is -2.32. The maximum absolute atomic E-state index is 12.8. The molecule has 0 bridgehead atoms. The molecule has 174 valence electrons. The number of carbonyl (C=O) groups excluding carboxylic acids is 2. The van der Waals surface area contributed by atoms with Crippen LogP contribution in [0.2, 0.25) is 5.02 Å². The van der Waals surface area contributed by atoms with Crippen molar-refractivity contribution < 1.29 is 19.5 Å². The third kappa shape index (κ3) is 5.38. The summed E-state index contributed by atoms with van der Waals surface area (Å²) in [5.74, 6) is 0.306.